The molecule has 1 aromatic carbocycles. The van der Waals surface area contributed by atoms with E-state index in [0.717, 1.165) is 15.7 Å². The van der Waals surface area contributed by atoms with E-state index in [1.54, 1.807) is 12.4 Å². The zero-order chi connectivity index (χ0) is 13.7. The van der Waals surface area contributed by atoms with Gasteiger partial charge in [0.05, 0.1) is 5.02 Å². The third-order valence-corrected chi connectivity index (χ3v) is 3.83. The summed E-state index contributed by atoms with van der Waals surface area (Å²) in [5.41, 5.74) is 1.91. The highest BCUT2D eigenvalue weighted by Crippen LogP contribution is 2.25. The highest BCUT2D eigenvalue weighted by molar-refractivity contribution is 9.10. The molecular weight excluding hydrogens is 346 g/mol. The predicted molar refractivity (Wildman–Crippen MR) is 86.4 cm³/mol. The van der Waals surface area contributed by atoms with Gasteiger partial charge in [0.25, 0.3) is 0 Å². The van der Waals surface area contributed by atoms with Crippen molar-refractivity contribution in [3.8, 4) is 0 Å². The molecule has 0 radical (unpaired) electrons. The zero-order valence-electron chi connectivity index (χ0n) is 9.86. The molecule has 0 amide bonds. The minimum atomic E-state index is 0.544. The fourth-order valence-corrected chi connectivity index (χ4v) is 2.05. The maximum Gasteiger partial charge on any atom is 0.171 e. The van der Waals surface area contributed by atoms with Crippen LogP contribution >= 0.6 is 39.7 Å². The lowest BCUT2D eigenvalue weighted by atomic mass is 10.3. The Morgan fingerprint density at radius 2 is 2.21 bits per heavy atom. The first kappa shape index (κ1) is 14.2. The molecule has 2 aromatic rings. The molecule has 0 bridgehead atoms. The van der Waals surface area contributed by atoms with Crippen LogP contribution in [0.3, 0.4) is 0 Å². The number of pyridine rings is 1. The standard InChI is InChI=1S/C13H11BrClN3S/c14-11-4-3-10(6-12(11)15)18-13(19)17-8-9-2-1-5-16-7-9/h1-7H,8H2,(H2,17,18,19). The lowest BCUT2D eigenvalue weighted by Crippen LogP contribution is -2.27. The molecule has 3 nitrogen and oxygen atoms in total. The van der Waals surface area contributed by atoms with Crippen LogP contribution in [0.25, 0.3) is 0 Å². The van der Waals surface area contributed by atoms with Gasteiger partial charge in [0.2, 0.25) is 0 Å². The molecule has 0 unspecified atom stereocenters. The van der Waals surface area contributed by atoms with E-state index in [9.17, 15) is 0 Å². The van der Waals surface area contributed by atoms with Gasteiger partial charge in [-0.25, -0.2) is 0 Å². The van der Waals surface area contributed by atoms with E-state index < -0.39 is 0 Å². The molecule has 6 heteroatoms. The first-order chi connectivity index (χ1) is 9.15. The van der Waals surface area contributed by atoms with Crippen LogP contribution in [0.1, 0.15) is 5.56 Å². The average Bonchev–Trinajstić information content (AvgIpc) is 2.42. The predicted octanol–water partition coefficient (Wildman–Crippen LogP) is 3.98. The Morgan fingerprint density at radius 1 is 1.37 bits per heavy atom. The quantitative estimate of drug-likeness (QED) is 0.816. The van der Waals surface area contributed by atoms with Crippen molar-refractivity contribution in [2.75, 3.05) is 5.32 Å². The summed E-state index contributed by atoms with van der Waals surface area (Å²) in [7, 11) is 0. The van der Waals surface area contributed by atoms with Gasteiger partial charge in [-0.3, -0.25) is 4.98 Å². The van der Waals surface area contributed by atoms with E-state index in [1.807, 2.05) is 30.3 Å². The molecule has 0 saturated heterocycles. The lowest BCUT2D eigenvalue weighted by molar-refractivity contribution is 0.916. The molecule has 1 aromatic heterocycles. The molecule has 98 valence electrons. The third kappa shape index (κ3) is 4.45. The molecule has 0 fully saturated rings. The Hall–Kier alpha value is -1.17. The number of anilines is 1. The number of hydrogen-bond acceptors (Lipinski definition) is 2. The lowest BCUT2D eigenvalue weighted by Gasteiger charge is -2.11. The van der Waals surface area contributed by atoms with Crippen molar-refractivity contribution in [3.05, 3.63) is 57.8 Å². The van der Waals surface area contributed by atoms with Crippen LogP contribution in [0.4, 0.5) is 5.69 Å². The van der Waals surface area contributed by atoms with Crippen LogP contribution in [0, 0.1) is 0 Å². The highest BCUT2D eigenvalue weighted by Gasteiger charge is 2.01. The largest absolute Gasteiger partial charge is 0.358 e. The number of aromatic nitrogens is 1. The maximum absolute atomic E-state index is 6.01. The smallest absolute Gasteiger partial charge is 0.171 e. The Labute approximate surface area is 130 Å². The zero-order valence-corrected chi connectivity index (χ0v) is 13.0. The number of nitrogens with one attached hydrogen (secondary N) is 2. The van der Waals surface area contributed by atoms with E-state index in [0.29, 0.717) is 16.7 Å². The summed E-state index contributed by atoms with van der Waals surface area (Å²) >= 11 is 14.6. The summed E-state index contributed by atoms with van der Waals surface area (Å²) in [5, 5.41) is 7.36. The molecule has 2 rings (SSSR count). The molecule has 1 heterocycles. The van der Waals surface area contributed by atoms with E-state index in [-0.39, 0.29) is 0 Å². The van der Waals surface area contributed by atoms with Crippen molar-refractivity contribution in [1.29, 1.82) is 0 Å². The second-order valence-electron chi connectivity index (χ2n) is 3.80. The topological polar surface area (TPSA) is 37.0 Å². The van der Waals surface area contributed by atoms with Gasteiger partial charge in [-0.1, -0.05) is 17.7 Å². The van der Waals surface area contributed by atoms with Gasteiger partial charge >= 0.3 is 0 Å². The van der Waals surface area contributed by atoms with Gasteiger partial charge in [0, 0.05) is 29.1 Å². The Balaban J connectivity index is 1.89. The second kappa shape index (κ2) is 6.84. The number of rotatable bonds is 3. The number of halogens is 2. The van der Waals surface area contributed by atoms with Crippen LogP contribution in [-0.2, 0) is 6.54 Å². The van der Waals surface area contributed by atoms with Crippen molar-refractivity contribution in [2.24, 2.45) is 0 Å². The van der Waals surface area contributed by atoms with Gasteiger partial charge < -0.3 is 10.6 Å². The van der Waals surface area contributed by atoms with Crippen molar-refractivity contribution < 1.29 is 0 Å². The van der Waals surface area contributed by atoms with Crippen molar-refractivity contribution >= 4 is 50.5 Å². The molecule has 0 aliphatic carbocycles. The molecular formula is C13H11BrClN3S. The number of nitrogens with zero attached hydrogens (tertiary/aromatic N) is 1. The molecule has 0 aliphatic heterocycles. The molecule has 2 N–H and O–H groups in total. The monoisotopic (exact) mass is 355 g/mol. The summed E-state index contributed by atoms with van der Waals surface area (Å²) in [4.78, 5) is 4.04. The minimum Gasteiger partial charge on any atom is -0.358 e. The first-order valence-corrected chi connectivity index (χ1v) is 7.12. The molecule has 0 spiro atoms. The number of benzene rings is 1. The highest BCUT2D eigenvalue weighted by atomic mass is 79.9. The van der Waals surface area contributed by atoms with Gasteiger partial charge in [0.1, 0.15) is 0 Å². The molecule has 19 heavy (non-hydrogen) atoms. The minimum absolute atomic E-state index is 0.544. The van der Waals surface area contributed by atoms with Gasteiger partial charge in [-0.15, -0.1) is 0 Å². The van der Waals surface area contributed by atoms with Crippen molar-refractivity contribution in [2.45, 2.75) is 6.54 Å². The Morgan fingerprint density at radius 3 is 2.89 bits per heavy atom. The molecule has 0 aliphatic rings. The van der Waals surface area contributed by atoms with Crippen LogP contribution in [-0.4, -0.2) is 10.1 Å². The van der Waals surface area contributed by atoms with Crippen molar-refractivity contribution in [3.63, 3.8) is 0 Å². The van der Waals surface area contributed by atoms with Gasteiger partial charge in [0.15, 0.2) is 5.11 Å². The van der Waals surface area contributed by atoms with E-state index in [2.05, 4.69) is 31.5 Å². The van der Waals surface area contributed by atoms with E-state index in [1.165, 1.54) is 0 Å². The second-order valence-corrected chi connectivity index (χ2v) is 5.47. The van der Waals surface area contributed by atoms with Gasteiger partial charge in [-0.2, -0.15) is 0 Å². The van der Waals surface area contributed by atoms with Crippen LogP contribution in [0.5, 0.6) is 0 Å². The Kier molecular flexibility index (Phi) is 5.13. The maximum atomic E-state index is 6.01. The summed E-state index contributed by atoms with van der Waals surface area (Å²) in [6.07, 6.45) is 3.54. The SMILES string of the molecule is S=C(NCc1cccnc1)Nc1ccc(Br)c(Cl)c1. The summed E-state index contributed by atoms with van der Waals surface area (Å²) < 4.78 is 0.856. The summed E-state index contributed by atoms with van der Waals surface area (Å²) in [6.45, 7) is 0.629. The fraction of sp³-hybridized carbons (Fsp3) is 0.0769. The first-order valence-electron chi connectivity index (χ1n) is 5.54. The van der Waals surface area contributed by atoms with E-state index >= 15 is 0 Å². The Bertz CT molecular complexity index is 577. The fourth-order valence-electron chi connectivity index (χ4n) is 1.43. The number of hydrogen-bond donors (Lipinski definition) is 2. The van der Waals surface area contributed by atoms with Crippen LogP contribution < -0.4 is 10.6 Å². The molecule has 0 atom stereocenters. The van der Waals surface area contributed by atoms with Gasteiger partial charge in [-0.05, 0) is 58.0 Å². The number of thiocarbonyl (C=S) groups is 1. The third-order valence-electron chi connectivity index (χ3n) is 2.35. The summed E-state index contributed by atoms with van der Waals surface area (Å²) in [5.74, 6) is 0. The van der Waals surface area contributed by atoms with Crippen LogP contribution in [0.2, 0.25) is 5.02 Å². The van der Waals surface area contributed by atoms with Crippen molar-refractivity contribution in [1.82, 2.24) is 10.3 Å². The normalized spacial score (nSPS) is 10.0. The molecule has 0 saturated carbocycles. The summed E-state index contributed by atoms with van der Waals surface area (Å²) in [6, 6.07) is 9.45. The average molecular weight is 357 g/mol. The van der Waals surface area contributed by atoms with E-state index in [4.69, 9.17) is 23.8 Å². The van der Waals surface area contributed by atoms with Crippen LogP contribution in [0.15, 0.2) is 47.2 Å².